The first-order chi connectivity index (χ1) is 15.4. The summed E-state index contributed by atoms with van der Waals surface area (Å²) in [7, 11) is 1.52. The van der Waals surface area contributed by atoms with Crippen molar-refractivity contribution in [3.63, 3.8) is 0 Å². The second kappa shape index (κ2) is 11.2. The Labute approximate surface area is 190 Å². The molecule has 11 heteroatoms. The first-order valence-electron chi connectivity index (χ1n) is 10.3. The second-order valence-corrected chi connectivity index (χ2v) is 8.48. The monoisotopic (exact) mass is 464 g/mol. The second-order valence-electron chi connectivity index (χ2n) is 7.62. The lowest BCUT2D eigenvalue weighted by Gasteiger charge is -2.35. The number of hydrogen-bond donors (Lipinski definition) is 1. The van der Waals surface area contributed by atoms with Gasteiger partial charge in [-0.05, 0) is 26.0 Å². The van der Waals surface area contributed by atoms with Crippen molar-refractivity contribution in [3.05, 3.63) is 35.2 Å². The van der Waals surface area contributed by atoms with E-state index in [0.717, 1.165) is 0 Å². The molecule has 2 atom stereocenters. The van der Waals surface area contributed by atoms with Crippen LogP contribution in [0.15, 0.2) is 28.2 Å². The van der Waals surface area contributed by atoms with Gasteiger partial charge in [-0.2, -0.15) is 0 Å². The lowest BCUT2D eigenvalue weighted by atomic mass is 10.2. The fourth-order valence-corrected chi connectivity index (χ4v) is 4.16. The maximum atomic E-state index is 12.6. The molecule has 2 aromatic rings. The minimum absolute atomic E-state index is 0.00192. The van der Waals surface area contributed by atoms with Crippen LogP contribution in [0.1, 0.15) is 30.1 Å². The van der Waals surface area contributed by atoms with Crippen LogP contribution in [0, 0.1) is 0 Å². The Morgan fingerprint density at radius 3 is 2.72 bits per heavy atom. The van der Waals surface area contributed by atoms with E-state index >= 15 is 0 Å². The average Bonchev–Trinajstić information content (AvgIpc) is 3.42. The summed E-state index contributed by atoms with van der Waals surface area (Å²) in [5.74, 6) is -0.675. The number of carbonyl (C=O) groups excluding carboxylic acids is 3. The first kappa shape index (κ1) is 23.9. The van der Waals surface area contributed by atoms with Crippen LogP contribution in [-0.4, -0.2) is 84.6 Å². The molecule has 1 aliphatic rings. The molecule has 1 N–H and O–H groups in total. The predicted molar refractivity (Wildman–Crippen MR) is 118 cm³/mol. The topological polar surface area (TPSA) is 114 Å². The van der Waals surface area contributed by atoms with Crippen molar-refractivity contribution in [1.82, 2.24) is 14.8 Å². The number of morpholine rings is 1. The number of furan rings is 1. The summed E-state index contributed by atoms with van der Waals surface area (Å²) in [6.07, 6.45) is 1.55. The molecule has 0 spiro atoms. The van der Waals surface area contributed by atoms with Crippen LogP contribution < -0.4 is 5.32 Å². The summed E-state index contributed by atoms with van der Waals surface area (Å²) >= 11 is 1.23. The number of ether oxygens (including phenoxy) is 2. The van der Waals surface area contributed by atoms with Gasteiger partial charge in [-0.3, -0.25) is 14.4 Å². The Morgan fingerprint density at radius 2 is 2.06 bits per heavy atom. The fourth-order valence-electron chi connectivity index (χ4n) is 3.44. The summed E-state index contributed by atoms with van der Waals surface area (Å²) in [6.45, 7) is 5.33. The minimum atomic E-state index is -0.401. The highest BCUT2D eigenvalue weighted by Gasteiger charge is 2.26. The summed E-state index contributed by atoms with van der Waals surface area (Å²) < 4.78 is 15.8. The van der Waals surface area contributed by atoms with Gasteiger partial charge in [0.2, 0.25) is 11.8 Å². The predicted octanol–water partition coefficient (Wildman–Crippen LogP) is 1.64. The van der Waals surface area contributed by atoms with Crippen LogP contribution in [0.5, 0.6) is 0 Å². The van der Waals surface area contributed by atoms with Gasteiger partial charge in [0, 0.05) is 32.1 Å². The van der Waals surface area contributed by atoms with Crippen molar-refractivity contribution in [3.8, 4) is 0 Å². The van der Waals surface area contributed by atoms with Crippen molar-refractivity contribution < 1.29 is 28.3 Å². The molecule has 174 valence electrons. The SMILES string of the molecule is COCCN(CC(=O)Nc1nc(CC(=O)N2CC(C)OC(C)C2)cs1)C(=O)c1ccco1. The van der Waals surface area contributed by atoms with Gasteiger partial charge in [-0.1, -0.05) is 0 Å². The van der Waals surface area contributed by atoms with Crippen molar-refractivity contribution >= 4 is 34.2 Å². The number of rotatable bonds is 9. The van der Waals surface area contributed by atoms with Crippen molar-refractivity contribution in [2.24, 2.45) is 0 Å². The molecule has 1 fully saturated rings. The molecule has 10 nitrogen and oxygen atoms in total. The normalized spacial score (nSPS) is 18.4. The number of thiazole rings is 1. The highest BCUT2D eigenvalue weighted by molar-refractivity contribution is 7.13. The molecule has 2 unspecified atom stereocenters. The van der Waals surface area contributed by atoms with Crippen LogP contribution in [0.2, 0.25) is 0 Å². The Morgan fingerprint density at radius 1 is 1.31 bits per heavy atom. The smallest absolute Gasteiger partial charge is 0.290 e. The quantitative estimate of drug-likeness (QED) is 0.600. The van der Waals surface area contributed by atoms with E-state index < -0.39 is 11.8 Å². The number of nitrogens with one attached hydrogen (secondary N) is 1. The van der Waals surface area contributed by atoms with Crippen molar-refractivity contribution in [2.75, 3.05) is 45.2 Å². The number of hydrogen-bond acceptors (Lipinski definition) is 8. The number of anilines is 1. The number of carbonyl (C=O) groups is 3. The number of aromatic nitrogens is 1. The maximum absolute atomic E-state index is 12.6. The lowest BCUT2D eigenvalue weighted by molar-refractivity contribution is -0.142. The molecule has 0 saturated carbocycles. The maximum Gasteiger partial charge on any atom is 0.290 e. The van der Waals surface area contributed by atoms with Gasteiger partial charge in [-0.15, -0.1) is 11.3 Å². The van der Waals surface area contributed by atoms with Crippen LogP contribution >= 0.6 is 11.3 Å². The highest BCUT2D eigenvalue weighted by Crippen LogP contribution is 2.18. The number of methoxy groups -OCH3 is 1. The van der Waals surface area contributed by atoms with Gasteiger partial charge in [0.05, 0.1) is 37.2 Å². The zero-order chi connectivity index (χ0) is 23.1. The lowest BCUT2D eigenvalue weighted by Crippen LogP contribution is -2.48. The van der Waals surface area contributed by atoms with E-state index in [2.05, 4.69) is 10.3 Å². The number of nitrogens with zero attached hydrogens (tertiary/aromatic N) is 3. The molecule has 1 saturated heterocycles. The van der Waals surface area contributed by atoms with Gasteiger partial charge in [0.1, 0.15) is 6.54 Å². The summed E-state index contributed by atoms with van der Waals surface area (Å²) in [5.41, 5.74) is 0.588. The van der Waals surface area contributed by atoms with E-state index in [4.69, 9.17) is 13.9 Å². The Hall–Kier alpha value is -2.76. The van der Waals surface area contributed by atoms with Crippen LogP contribution in [0.25, 0.3) is 0 Å². The van der Waals surface area contributed by atoms with Crippen LogP contribution in [-0.2, 0) is 25.5 Å². The van der Waals surface area contributed by atoms with E-state index in [1.54, 1.807) is 22.4 Å². The third-order valence-electron chi connectivity index (χ3n) is 4.82. The van der Waals surface area contributed by atoms with E-state index in [9.17, 15) is 14.4 Å². The first-order valence-corrected chi connectivity index (χ1v) is 11.2. The zero-order valence-electron chi connectivity index (χ0n) is 18.4. The molecule has 3 heterocycles. The third kappa shape index (κ3) is 6.62. The molecule has 0 aromatic carbocycles. The molecule has 0 radical (unpaired) electrons. The number of amides is 3. The van der Waals surface area contributed by atoms with Gasteiger partial charge in [0.25, 0.3) is 5.91 Å². The standard InChI is InChI=1S/C21H28N4O6S/c1-14-10-25(11-15(2)31-14)19(27)9-16-13-32-21(22-16)23-18(26)12-24(6-8-29-3)20(28)17-5-4-7-30-17/h4-5,7,13-15H,6,8-12H2,1-3H3,(H,22,23,26). The summed E-state index contributed by atoms with van der Waals surface area (Å²) in [4.78, 5) is 45.1. The molecule has 32 heavy (non-hydrogen) atoms. The zero-order valence-corrected chi connectivity index (χ0v) is 19.2. The largest absolute Gasteiger partial charge is 0.459 e. The van der Waals surface area contributed by atoms with E-state index in [-0.39, 0.29) is 50.0 Å². The van der Waals surface area contributed by atoms with Crippen molar-refractivity contribution in [1.29, 1.82) is 0 Å². The molecule has 2 aromatic heterocycles. The molecular weight excluding hydrogens is 436 g/mol. The Balaban J connectivity index is 1.54. The van der Waals surface area contributed by atoms with Crippen LogP contribution in [0.3, 0.4) is 0 Å². The van der Waals surface area contributed by atoms with E-state index in [1.807, 2.05) is 13.8 Å². The van der Waals surface area contributed by atoms with E-state index in [1.165, 1.54) is 29.6 Å². The molecule has 0 bridgehead atoms. The van der Waals surface area contributed by atoms with Gasteiger partial charge in [0.15, 0.2) is 10.9 Å². The fraction of sp³-hybridized carbons (Fsp3) is 0.524. The van der Waals surface area contributed by atoms with Gasteiger partial charge < -0.3 is 29.0 Å². The highest BCUT2D eigenvalue weighted by atomic mass is 32.1. The Bertz CT molecular complexity index is 905. The van der Waals surface area contributed by atoms with E-state index in [0.29, 0.717) is 23.9 Å². The molecule has 0 aliphatic carbocycles. The molecule has 1 aliphatic heterocycles. The summed E-state index contributed by atoms with van der Waals surface area (Å²) in [5, 5.41) is 4.82. The van der Waals surface area contributed by atoms with Gasteiger partial charge in [-0.25, -0.2) is 4.98 Å². The summed E-state index contributed by atoms with van der Waals surface area (Å²) in [6, 6.07) is 3.15. The van der Waals surface area contributed by atoms with Crippen LogP contribution in [0.4, 0.5) is 5.13 Å². The molecule has 3 rings (SSSR count). The third-order valence-corrected chi connectivity index (χ3v) is 5.63. The molecule has 3 amide bonds. The Kier molecular flexibility index (Phi) is 8.37. The average molecular weight is 465 g/mol. The van der Waals surface area contributed by atoms with Gasteiger partial charge >= 0.3 is 0 Å². The molecular formula is C21H28N4O6S. The van der Waals surface area contributed by atoms with Crippen molar-refractivity contribution in [2.45, 2.75) is 32.5 Å². The minimum Gasteiger partial charge on any atom is -0.459 e.